The van der Waals surface area contributed by atoms with Crippen LogP contribution in [0.3, 0.4) is 0 Å². The van der Waals surface area contributed by atoms with Crippen LogP contribution in [-0.4, -0.2) is 64.2 Å². The van der Waals surface area contributed by atoms with Crippen molar-refractivity contribution >= 4 is 40.1 Å². The number of benzene rings is 2. The summed E-state index contributed by atoms with van der Waals surface area (Å²) < 4.78 is 12.0. The Morgan fingerprint density at radius 3 is 2.66 bits per heavy atom. The molecule has 1 saturated heterocycles. The number of carbonyl (C=O) groups is 3. The van der Waals surface area contributed by atoms with Crippen molar-refractivity contribution in [3.8, 4) is 22.8 Å². The smallest absolute Gasteiger partial charge is 0.330 e. The fourth-order valence-corrected chi connectivity index (χ4v) is 6.33. The summed E-state index contributed by atoms with van der Waals surface area (Å²) in [6.45, 7) is 4.13. The van der Waals surface area contributed by atoms with E-state index >= 15 is 0 Å². The molecule has 4 atom stereocenters. The Morgan fingerprint density at radius 2 is 1.98 bits per heavy atom. The molecule has 0 unspecified atom stereocenters. The summed E-state index contributed by atoms with van der Waals surface area (Å²) in [5.74, 6) is -0.837. The molecule has 11 heteroatoms. The first kappa shape index (κ1) is 29.2. The molecule has 4 aromatic rings. The molecule has 1 aliphatic carbocycles. The fourth-order valence-electron chi connectivity index (χ4n) is 5.69. The van der Waals surface area contributed by atoms with Gasteiger partial charge >= 0.3 is 12.0 Å². The molecule has 0 bridgehead atoms. The van der Waals surface area contributed by atoms with Crippen LogP contribution in [0.1, 0.15) is 17.7 Å². The molecule has 2 aromatic heterocycles. The highest BCUT2D eigenvalue weighted by molar-refractivity contribution is 7.09. The summed E-state index contributed by atoms with van der Waals surface area (Å²) in [4.78, 5) is 46.4. The van der Waals surface area contributed by atoms with Gasteiger partial charge in [0.25, 0.3) is 0 Å². The predicted octanol–water partition coefficient (Wildman–Crippen LogP) is 4.85. The van der Waals surface area contributed by atoms with Gasteiger partial charge < -0.3 is 30.1 Å². The summed E-state index contributed by atoms with van der Waals surface area (Å²) in [7, 11) is 1.59. The number of nitrogens with zero attached hydrogens (tertiary/aromatic N) is 2. The van der Waals surface area contributed by atoms with Crippen LogP contribution in [-0.2, 0) is 16.1 Å². The number of aromatic nitrogens is 1. The summed E-state index contributed by atoms with van der Waals surface area (Å²) in [6.07, 6.45) is 1.41. The molecule has 6 rings (SSSR count). The average Bonchev–Trinajstić information content (AvgIpc) is 3.33. The third kappa shape index (κ3) is 5.70. The van der Waals surface area contributed by atoms with Crippen LogP contribution in [0.15, 0.2) is 84.8 Å². The second-order valence-electron chi connectivity index (χ2n) is 10.9. The van der Waals surface area contributed by atoms with Crippen molar-refractivity contribution < 1.29 is 29.0 Å². The highest BCUT2D eigenvalue weighted by Crippen LogP contribution is 2.45. The van der Waals surface area contributed by atoms with Crippen LogP contribution < -0.4 is 20.1 Å². The average molecular weight is 613 g/mol. The zero-order valence-electron chi connectivity index (χ0n) is 24.1. The number of pyridine rings is 1. The molecular formula is C33H32N4O6S. The minimum absolute atomic E-state index is 0.125. The number of carboxylic acids is 1. The number of rotatable bonds is 10. The van der Waals surface area contributed by atoms with Gasteiger partial charge in [0.05, 0.1) is 31.4 Å². The van der Waals surface area contributed by atoms with Gasteiger partial charge in [-0.05, 0) is 30.0 Å². The van der Waals surface area contributed by atoms with E-state index in [1.807, 2.05) is 72.1 Å². The Hall–Kier alpha value is -4.90. The van der Waals surface area contributed by atoms with Crippen LogP contribution in [0.4, 0.5) is 4.79 Å². The van der Waals surface area contributed by atoms with Crippen molar-refractivity contribution in [3.63, 3.8) is 0 Å². The van der Waals surface area contributed by atoms with Crippen molar-refractivity contribution in [3.05, 3.63) is 89.6 Å². The fraction of sp³-hybridized carbons (Fsp3) is 0.273. The second kappa shape index (κ2) is 12.0. The van der Waals surface area contributed by atoms with Gasteiger partial charge in [0.15, 0.2) is 0 Å². The number of likely N-dealkylation sites (tertiary alicyclic amines) is 1. The number of fused-ring (bicyclic) bond motifs is 1. The maximum Gasteiger partial charge on any atom is 0.330 e. The van der Waals surface area contributed by atoms with E-state index in [-0.39, 0.29) is 25.3 Å². The van der Waals surface area contributed by atoms with Crippen LogP contribution in [0.2, 0.25) is 0 Å². The molecule has 1 saturated carbocycles. The normalized spacial score (nSPS) is 22.3. The maximum absolute atomic E-state index is 13.6. The van der Waals surface area contributed by atoms with Crippen molar-refractivity contribution in [2.24, 2.45) is 5.92 Å². The minimum Gasteiger partial charge on any atom is -0.497 e. The molecule has 1 aliphatic heterocycles. The molecule has 226 valence electrons. The number of amides is 3. The third-order valence-electron chi connectivity index (χ3n) is 8.19. The number of carbonyl (C=O) groups excluding carboxylic acids is 2. The Morgan fingerprint density at radius 1 is 1.16 bits per heavy atom. The third-order valence-corrected chi connectivity index (χ3v) is 9.07. The topological polar surface area (TPSA) is 130 Å². The number of urea groups is 1. The lowest BCUT2D eigenvalue weighted by Gasteiger charge is -2.25. The summed E-state index contributed by atoms with van der Waals surface area (Å²) in [5.41, 5.74) is 0.861. The monoisotopic (exact) mass is 612 g/mol. The molecule has 2 aromatic carbocycles. The summed E-state index contributed by atoms with van der Waals surface area (Å²) in [6, 6.07) is 19.5. The van der Waals surface area contributed by atoms with E-state index in [9.17, 15) is 19.5 Å². The van der Waals surface area contributed by atoms with E-state index < -0.39 is 35.6 Å². The number of methoxy groups -OCH3 is 1. The number of thiophene rings is 1. The van der Waals surface area contributed by atoms with Gasteiger partial charge in [0.2, 0.25) is 5.91 Å². The minimum atomic E-state index is -1.41. The van der Waals surface area contributed by atoms with Gasteiger partial charge in [0.1, 0.15) is 29.2 Å². The number of hydrogen-bond donors (Lipinski definition) is 3. The number of ether oxygens (including phenoxy) is 2. The van der Waals surface area contributed by atoms with Gasteiger partial charge in [-0.2, -0.15) is 0 Å². The van der Waals surface area contributed by atoms with Gasteiger partial charge in [-0.3, -0.25) is 4.79 Å². The Kier molecular flexibility index (Phi) is 7.96. The number of aliphatic carboxylic acids is 1. The quantitative estimate of drug-likeness (QED) is 0.218. The lowest BCUT2D eigenvalue weighted by Crippen LogP contribution is -2.54. The predicted molar refractivity (Wildman–Crippen MR) is 167 cm³/mol. The lowest BCUT2D eigenvalue weighted by molar-refractivity contribution is -0.144. The van der Waals surface area contributed by atoms with E-state index in [4.69, 9.17) is 14.5 Å². The van der Waals surface area contributed by atoms with Crippen LogP contribution in [0.5, 0.6) is 11.5 Å². The molecule has 10 nitrogen and oxygen atoms in total. The van der Waals surface area contributed by atoms with Crippen LogP contribution in [0.25, 0.3) is 22.2 Å². The van der Waals surface area contributed by atoms with E-state index in [1.54, 1.807) is 7.11 Å². The van der Waals surface area contributed by atoms with Gasteiger partial charge in [0, 0.05) is 40.3 Å². The Bertz CT molecular complexity index is 1710. The molecular weight excluding hydrogens is 580 g/mol. The van der Waals surface area contributed by atoms with Crippen LogP contribution >= 0.6 is 11.3 Å². The number of carboxylic acid groups (broad SMARTS) is 1. The zero-order valence-corrected chi connectivity index (χ0v) is 24.9. The molecule has 3 heterocycles. The van der Waals surface area contributed by atoms with Gasteiger partial charge in [-0.25, -0.2) is 14.6 Å². The Labute approximate surface area is 258 Å². The SMILES string of the molecule is C=C[C@@H]1C[C@]1(NC(=O)[C@@H]1C[C@@H](Oc2cc(-c3ccccc3)nc3cc(OC)ccc23)CN1C(=O)NCc1cccs1)C(=O)O. The largest absolute Gasteiger partial charge is 0.497 e. The van der Waals surface area contributed by atoms with E-state index in [0.29, 0.717) is 29.3 Å². The lowest BCUT2D eigenvalue weighted by atomic mass is 10.1. The molecule has 0 radical (unpaired) electrons. The van der Waals surface area contributed by atoms with Crippen LogP contribution in [0, 0.1) is 5.92 Å². The molecule has 2 fully saturated rings. The van der Waals surface area contributed by atoms with Crippen molar-refractivity contribution in [2.45, 2.75) is 37.1 Å². The summed E-state index contributed by atoms with van der Waals surface area (Å²) in [5, 5.41) is 18.2. The van der Waals surface area contributed by atoms with Crippen molar-refractivity contribution in [2.75, 3.05) is 13.7 Å². The second-order valence-corrected chi connectivity index (χ2v) is 12.0. The zero-order chi connectivity index (χ0) is 30.8. The molecule has 0 spiro atoms. The number of hydrogen-bond acceptors (Lipinski definition) is 7. The molecule has 3 amide bonds. The van der Waals surface area contributed by atoms with Crippen molar-refractivity contribution in [1.29, 1.82) is 0 Å². The highest BCUT2D eigenvalue weighted by atomic mass is 32.1. The van der Waals surface area contributed by atoms with Crippen molar-refractivity contribution in [1.82, 2.24) is 20.5 Å². The van der Waals surface area contributed by atoms with E-state index in [2.05, 4.69) is 17.2 Å². The van der Waals surface area contributed by atoms with Gasteiger partial charge in [-0.1, -0.05) is 42.5 Å². The Balaban J connectivity index is 1.29. The summed E-state index contributed by atoms with van der Waals surface area (Å²) >= 11 is 1.52. The maximum atomic E-state index is 13.6. The first-order valence-corrected chi connectivity index (χ1v) is 15.1. The molecule has 2 aliphatic rings. The first-order valence-electron chi connectivity index (χ1n) is 14.3. The highest BCUT2D eigenvalue weighted by Gasteiger charge is 2.61. The van der Waals surface area contributed by atoms with Gasteiger partial charge in [-0.15, -0.1) is 17.9 Å². The van der Waals surface area contributed by atoms with E-state index in [0.717, 1.165) is 15.8 Å². The molecule has 3 N–H and O–H groups in total. The standard InChI is InChI=1S/C33H32N4O6S/c1-3-21-17-33(21,31(39)40)36-30(38)28-15-23(19-37(28)32(41)34-18-24-10-7-13-44-24)43-29-16-26(20-8-5-4-6-9-20)35-27-14-22(42-2)11-12-25(27)29/h3-14,16,21,23,28H,1,15,17-19H2,2H3,(H,34,41)(H,36,38)(H,39,40)/t21-,23-,28+,33-/m1/s1. The number of nitrogens with one attached hydrogen (secondary N) is 2. The van der Waals surface area contributed by atoms with E-state index in [1.165, 1.54) is 22.3 Å². The first-order chi connectivity index (χ1) is 21.3. The molecule has 44 heavy (non-hydrogen) atoms.